The van der Waals surface area contributed by atoms with Gasteiger partial charge in [0.25, 0.3) is 11.8 Å². The summed E-state index contributed by atoms with van der Waals surface area (Å²) < 4.78 is 0. The monoisotopic (exact) mass is 264 g/mol. The summed E-state index contributed by atoms with van der Waals surface area (Å²) in [5.74, 6) is -0.564. The van der Waals surface area contributed by atoms with Gasteiger partial charge in [0, 0.05) is 0 Å². The minimum Gasteiger partial charge on any atom is -0.339 e. The summed E-state index contributed by atoms with van der Waals surface area (Å²) in [5, 5.41) is 14.0. The van der Waals surface area contributed by atoms with Crippen molar-refractivity contribution in [3.05, 3.63) is 12.2 Å². The molecule has 0 aromatic rings. The zero-order valence-electron chi connectivity index (χ0n) is 11.0. The lowest BCUT2D eigenvalue weighted by Crippen LogP contribution is -2.75. The van der Waals surface area contributed by atoms with Crippen LogP contribution in [0.3, 0.4) is 0 Å². The van der Waals surface area contributed by atoms with Crippen LogP contribution in [0.4, 0.5) is 0 Å². The maximum Gasteiger partial charge on any atom is 0.272 e. The average molecular weight is 264 g/mol. The molecule has 5 heteroatoms. The molecule has 2 N–H and O–H groups in total. The van der Waals surface area contributed by atoms with Crippen molar-refractivity contribution in [3.8, 4) is 0 Å². The number of carbonyl (C=O) groups is 2. The van der Waals surface area contributed by atoms with Gasteiger partial charge in [-0.05, 0) is 32.1 Å². The molecule has 19 heavy (non-hydrogen) atoms. The summed E-state index contributed by atoms with van der Waals surface area (Å²) in [4.78, 5) is 25.0. The van der Waals surface area contributed by atoms with Crippen LogP contribution in [0.2, 0.25) is 0 Å². The number of allylic oxidation sites excluding steroid dienone is 1. The molecule has 1 saturated carbocycles. The largest absolute Gasteiger partial charge is 0.339 e. The second-order valence-corrected chi connectivity index (χ2v) is 5.93. The number of nitrogens with zero attached hydrogens (tertiary/aromatic N) is 1. The summed E-state index contributed by atoms with van der Waals surface area (Å²) in [5.41, 5.74) is -2.03. The second kappa shape index (κ2) is 4.34. The molecule has 1 aliphatic heterocycles. The lowest BCUT2D eigenvalue weighted by molar-refractivity contribution is -0.210. The van der Waals surface area contributed by atoms with Gasteiger partial charge in [-0.3, -0.25) is 14.8 Å². The van der Waals surface area contributed by atoms with E-state index in [2.05, 4.69) is 5.32 Å². The summed E-state index contributed by atoms with van der Waals surface area (Å²) in [6.45, 7) is 0. The fraction of sp³-hybridized carbons (Fsp3) is 0.714. The Morgan fingerprint density at radius 1 is 1.11 bits per heavy atom. The predicted octanol–water partition coefficient (Wildman–Crippen LogP) is 1.52. The molecule has 1 heterocycles. The van der Waals surface area contributed by atoms with Crippen molar-refractivity contribution in [2.75, 3.05) is 0 Å². The smallest absolute Gasteiger partial charge is 0.272 e. The van der Waals surface area contributed by atoms with Crippen molar-refractivity contribution in [3.63, 3.8) is 0 Å². The van der Waals surface area contributed by atoms with E-state index in [9.17, 15) is 14.8 Å². The number of amides is 2. The number of hydrogen-bond donors (Lipinski definition) is 2. The number of carbonyl (C=O) groups excluding carboxylic acids is 2. The number of hydrogen-bond acceptors (Lipinski definition) is 3. The molecule has 0 aromatic carbocycles. The third-order valence-electron chi connectivity index (χ3n) is 4.76. The summed E-state index contributed by atoms with van der Waals surface area (Å²) in [6, 6.07) is 0. The molecule has 3 rings (SSSR count). The van der Waals surface area contributed by atoms with Gasteiger partial charge in [-0.2, -0.15) is 0 Å². The van der Waals surface area contributed by atoms with E-state index in [0.29, 0.717) is 24.3 Å². The molecule has 5 nitrogen and oxygen atoms in total. The Morgan fingerprint density at radius 2 is 1.84 bits per heavy atom. The number of rotatable bonds is 0. The van der Waals surface area contributed by atoms with Crippen LogP contribution in [0.5, 0.6) is 0 Å². The molecule has 1 saturated heterocycles. The minimum absolute atomic E-state index is 0.229. The van der Waals surface area contributed by atoms with Crippen molar-refractivity contribution < 1.29 is 14.8 Å². The van der Waals surface area contributed by atoms with Crippen molar-refractivity contribution in [2.45, 2.75) is 62.4 Å². The first-order chi connectivity index (χ1) is 9.11. The molecule has 0 aromatic heterocycles. The van der Waals surface area contributed by atoms with Crippen LogP contribution >= 0.6 is 0 Å². The Hall–Kier alpha value is -1.36. The van der Waals surface area contributed by atoms with Gasteiger partial charge >= 0.3 is 0 Å². The van der Waals surface area contributed by atoms with E-state index in [4.69, 9.17) is 0 Å². The third kappa shape index (κ3) is 1.71. The third-order valence-corrected chi connectivity index (χ3v) is 4.76. The molecule has 0 bridgehead atoms. The summed E-state index contributed by atoms with van der Waals surface area (Å²) in [6.07, 6.45) is 9.94. The SMILES string of the molecule is O=C1N(O)C2(C=CCCC2)C(=O)NC12CCCCC2. The van der Waals surface area contributed by atoms with Gasteiger partial charge in [-0.1, -0.05) is 31.4 Å². The molecule has 2 spiro atoms. The van der Waals surface area contributed by atoms with Crippen LogP contribution in [-0.4, -0.2) is 33.2 Å². The van der Waals surface area contributed by atoms with Gasteiger partial charge in [-0.25, -0.2) is 5.06 Å². The number of nitrogens with one attached hydrogen (secondary N) is 1. The highest BCUT2D eigenvalue weighted by Gasteiger charge is 2.57. The Morgan fingerprint density at radius 3 is 2.47 bits per heavy atom. The quantitative estimate of drug-likeness (QED) is 0.515. The van der Waals surface area contributed by atoms with E-state index in [0.717, 1.165) is 32.1 Å². The number of piperazine rings is 1. The Balaban J connectivity index is 1.95. The van der Waals surface area contributed by atoms with E-state index in [-0.39, 0.29) is 11.8 Å². The average Bonchev–Trinajstić information content (AvgIpc) is 2.46. The molecule has 2 amide bonds. The van der Waals surface area contributed by atoms with Crippen molar-refractivity contribution in [2.24, 2.45) is 0 Å². The second-order valence-electron chi connectivity index (χ2n) is 5.93. The molecule has 2 fully saturated rings. The highest BCUT2D eigenvalue weighted by Crippen LogP contribution is 2.39. The molecular weight excluding hydrogens is 244 g/mol. The summed E-state index contributed by atoms with van der Waals surface area (Å²) >= 11 is 0. The highest BCUT2D eigenvalue weighted by atomic mass is 16.5. The van der Waals surface area contributed by atoms with E-state index in [1.54, 1.807) is 6.08 Å². The molecule has 1 atom stereocenters. The van der Waals surface area contributed by atoms with E-state index < -0.39 is 11.1 Å². The highest BCUT2D eigenvalue weighted by molar-refractivity contribution is 6.03. The maximum absolute atomic E-state index is 12.5. The number of hydroxylamine groups is 2. The van der Waals surface area contributed by atoms with Crippen LogP contribution in [-0.2, 0) is 9.59 Å². The van der Waals surface area contributed by atoms with E-state index in [1.165, 1.54) is 0 Å². The Labute approximate surface area is 112 Å². The molecular formula is C14H20N2O3. The first-order valence-electron chi connectivity index (χ1n) is 7.15. The Kier molecular flexibility index (Phi) is 2.89. The first-order valence-corrected chi connectivity index (χ1v) is 7.15. The lowest BCUT2D eigenvalue weighted by atomic mass is 9.75. The van der Waals surface area contributed by atoms with Gasteiger partial charge in [0.2, 0.25) is 0 Å². The maximum atomic E-state index is 12.5. The van der Waals surface area contributed by atoms with Crippen molar-refractivity contribution >= 4 is 11.8 Å². The van der Waals surface area contributed by atoms with Crippen LogP contribution in [0, 0.1) is 0 Å². The molecule has 1 unspecified atom stereocenters. The van der Waals surface area contributed by atoms with Gasteiger partial charge in [0.1, 0.15) is 5.54 Å². The minimum atomic E-state index is -1.17. The van der Waals surface area contributed by atoms with Crippen LogP contribution in [0.1, 0.15) is 51.4 Å². The molecule has 3 aliphatic rings. The van der Waals surface area contributed by atoms with Crippen LogP contribution < -0.4 is 5.32 Å². The van der Waals surface area contributed by atoms with Crippen molar-refractivity contribution in [1.82, 2.24) is 10.4 Å². The van der Waals surface area contributed by atoms with Gasteiger partial charge in [-0.15, -0.1) is 0 Å². The van der Waals surface area contributed by atoms with Gasteiger partial charge < -0.3 is 5.32 Å². The topological polar surface area (TPSA) is 69.6 Å². The van der Waals surface area contributed by atoms with E-state index >= 15 is 0 Å². The lowest BCUT2D eigenvalue weighted by Gasteiger charge is -2.50. The van der Waals surface area contributed by atoms with Crippen molar-refractivity contribution in [1.29, 1.82) is 0 Å². The molecule has 2 aliphatic carbocycles. The van der Waals surface area contributed by atoms with Crippen LogP contribution in [0.25, 0.3) is 0 Å². The standard InChI is InChI=1S/C14H20N2O3/c17-11-14(9-5-2-6-10-14)16(19)12(18)13(15-11)7-3-1-4-8-13/h5,9,19H,1-4,6-8,10H2,(H,15,17). The molecule has 104 valence electrons. The summed E-state index contributed by atoms with van der Waals surface area (Å²) in [7, 11) is 0. The van der Waals surface area contributed by atoms with E-state index in [1.807, 2.05) is 6.08 Å². The van der Waals surface area contributed by atoms with Crippen LogP contribution in [0.15, 0.2) is 12.2 Å². The Bertz CT molecular complexity index is 440. The molecule has 0 radical (unpaired) electrons. The zero-order valence-corrected chi connectivity index (χ0v) is 11.0. The predicted molar refractivity (Wildman–Crippen MR) is 68.3 cm³/mol. The first kappa shape index (κ1) is 12.7. The van der Waals surface area contributed by atoms with Gasteiger partial charge in [0.15, 0.2) is 5.54 Å². The zero-order chi connectivity index (χ0) is 13.5. The fourth-order valence-electron chi connectivity index (χ4n) is 3.57. The van der Waals surface area contributed by atoms with Gasteiger partial charge in [0.05, 0.1) is 0 Å². The normalized spacial score (nSPS) is 33.8. The fourth-order valence-corrected chi connectivity index (χ4v) is 3.57.